The molecule has 1 heterocycles. The van der Waals surface area contributed by atoms with Crippen LogP contribution in [0.2, 0.25) is 0 Å². The molecule has 1 aromatic carbocycles. The van der Waals surface area contributed by atoms with Crippen LogP contribution in [-0.4, -0.2) is 5.88 Å². The SMILES string of the molecule is ClCC=Cc1cccc(-c2ccsc2)c1. The highest BCUT2D eigenvalue weighted by Gasteiger charge is 1.97. The van der Waals surface area contributed by atoms with Gasteiger partial charge < -0.3 is 0 Å². The smallest absolute Gasteiger partial charge is 0.0407 e. The van der Waals surface area contributed by atoms with Crippen LogP contribution in [-0.2, 0) is 0 Å². The van der Waals surface area contributed by atoms with Crippen LogP contribution in [0.3, 0.4) is 0 Å². The van der Waals surface area contributed by atoms with Crippen molar-refractivity contribution in [2.75, 3.05) is 5.88 Å². The van der Waals surface area contributed by atoms with Crippen LogP contribution in [0.4, 0.5) is 0 Å². The Morgan fingerprint density at radius 2 is 2.13 bits per heavy atom. The van der Waals surface area contributed by atoms with Crippen molar-refractivity contribution in [3.8, 4) is 11.1 Å². The molecule has 0 N–H and O–H groups in total. The van der Waals surface area contributed by atoms with Crippen LogP contribution < -0.4 is 0 Å². The molecule has 0 aliphatic rings. The van der Waals surface area contributed by atoms with E-state index in [9.17, 15) is 0 Å². The molecule has 0 aliphatic heterocycles. The first-order valence-corrected chi connectivity index (χ1v) is 6.23. The number of alkyl halides is 1. The van der Waals surface area contributed by atoms with E-state index < -0.39 is 0 Å². The largest absolute Gasteiger partial charge is 0.152 e. The minimum absolute atomic E-state index is 0.558. The van der Waals surface area contributed by atoms with Crippen molar-refractivity contribution in [3.63, 3.8) is 0 Å². The lowest BCUT2D eigenvalue weighted by atomic mass is 10.1. The normalized spacial score (nSPS) is 11.0. The molecule has 0 bridgehead atoms. The van der Waals surface area contributed by atoms with Gasteiger partial charge in [-0.1, -0.05) is 30.4 Å². The number of benzene rings is 1. The lowest BCUT2D eigenvalue weighted by molar-refractivity contribution is 1.62. The van der Waals surface area contributed by atoms with Crippen LogP contribution in [0.25, 0.3) is 17.2 Å². The van der Waals surface area contributed by atoms with Gasteiger partial charge in [-0.3, -0.25) is 0 Å². The van der Waals surface area contributed by atoms with Crippen molar-refractivity contribution in [1.29, 1.82) is 0 Å². The maximum absolute atomic E-state index is 5.61. The zero-order chi connectivity index (χ0) is 10.5. The molecule has 0 nitrogen and oxygen atoms in total. The second-order valence-electron chi connectivity index (χ2n) is 3.19. The summed E-state index contributed by atoms with van der Waals surface area (Å²) in [5, 5.41) is 4.25. The van der Waals surface area contributed by atoms with E-state index in [1.165, 1.54) is 16.7 Å². The molecule has 15 heavy (non-hydrogen) atoms. The first kappa shape index (κ1) is 10.5. The van der Waals surface area contributed by atoms with E-state index in [4.69, 9.17) is 11.6 Å². The maximum Gasteiger partial charge on any atom is 0.0407 e. The van der Waals surface area contributed by atoms with Gasteiger partial charge in [0, 0.05) is 5.88 Å². The predicted molar refractivity (Wildman–Crippen MR) is 69.5 cm³/mol. The Balaban J connectivity index is 2.31. The Bertz CT molecular complexity index is 443. The molecule has 2 heteroatoms. The molecule has 0 saturated carbocycles. The third-order valence-electron chi connectivity index (χ3n) is 2.14. The predicted octanol–water partition coefficient (Wildman–Crippen LogP) is 4.67. The van der Waals surface area contributed by atoms with Gasteiger partial charge in [-0.05, 0) is 39.6 Å². The average molecular weight is 235 g/mol. The molecule has 2 aromatic rings. The fraction of sp³-hybridized carbons (Fsp3) is 0.0769. The number of hydrogen-bond acceptors (Lipinski definition) is 1. The molecule has 1 aromatic heterocycles. The summed E-state index contributed by atoms with van der Waals surface area (Å²) in [6.45, 7) is 0. The third-order valence-corrected chi connectivity index (χ3v) is 3.00. The Morgan fingerprint density at radius 1 is 1.20 bits per heavy atom. The van der Waals surface area contributed by atoms with Gasteiger partial charge in [0.15, 0.2) is 0 Å². The van der Waals surface area contributed by atoms with Crippen molar-refractivity contribution < 1.29 is 0 Å². The molecule has 0 unspecified atom stereocenters. The first-order chi connectivity index (χ1) is 7.40. The molecule has 0 amide bonds. The Kier molecular flexibility index (Phi) is 3.59. The first-order valence-electron chi connectivity index (χ1n) is 4.75. The van der Waals surface area contributed by atoms with Crippen molar-refractivity contribution in [1.82, 2.24) is 0 Å². The molecule has 0 fully saturated rings. The number of hydrogen-bond donors (Lipinski definition) is 0. The van der Waals surface area contributed by atoms with Crippen molar-refractivity contribution in [2.24, 2.45) is 0 Å². The molecule has 0 aliphatic carbocycles. The van der Waals surface area contributed by atoms with E-state index in [1.54, 1.807) is 11.3 Å². The monoisotopic (exact) mass is 234 g/mol. The minimum atomic E-state index is 0.558. The van der Waals surface area contributed by atoms with Gasteiger partial charge in [-0.15, -0.1) is 11.6 Å². The summed E-state index contributed by atoms with van der Waals surface area (Å²) in [5.41, 5.74) is 3.73. The van der Waals surface area contributed by atoms with E-state index in [1.807, 2.05) is 12.2 Å². The minimum Gasteiger partial charge on any atom is -0.152 e. The molecule has 76 valence electrons. The van der Waals surface area contributed by atoms with Crippen LogP contribution in [0.5, 0.6) is 0 Å². The van der Waals surface area contributed by atoms with Gasteiger partial charge in [-0.2, -0.15) is 11.3 Å². The number of halogens is 1. The van der Waals surface area contributed by atoms with Gasteiger partial charge in [-0.25, -0.2) is 0 Å². The highest BCUT2D eigenvalue weighted by Crippen LogP contribution is 2.23. The summed E-state index contributed by atoms with van der Waals surface area (Å²) in [4.78, 5) is 0. The lowest BCUT2D eigenvalue weighted by Crippen LogP contribution is -1.76. The molecule has 0 spiro atoms. The summed E-state index contributed by atoms with van der Waals surface area (Å²) < 4.78 is 0. The maximum atomic E-state index is 5.61. The second kappa shape index (κ2) is 5.15. The number of thiophene rings is 1. The van der Waals surface area contributed by atoms with Crippen molar-refractivity contribution >= 4 is 29.0 Å². The quantitative estimate of drug-likeness (QED) is 0.678. The van der Waals surface area contributed by atoms with Crippen LogP contribution in [0.15, 0.2) is 47.2 Å². The van der Waals surface area contributed by atoms with E-state index in [2.05, 4.69) is 41.1 Å². The van der Waals surface area contributed by atoms with Crippen LogP contribution in [0.1, 0.15) is 5.56 Å². The average Bonchev–Trinajstić information content (AvgIpc) is 2.80. The van der Waals surface area contributed by atoms with Gasteiger partial charge >= 0.3 is 0 Å². The summed E-state index contributed by atoms with van der Waals surface area (Å²) in [5.74, 6) is 0.558. The molecular formula is C13H11ClS. The zero-order valence-corrected chi connectivity index (χ0v) is 9.76. The lowest BCUT2D eigenvalue weighted by Gasteiger charge is -1.99. The fourth-order valence-electron chi connectivity index (χ4n) is 1.43. The van der Waals surface area contributed by atoms with E-state index in [0.717, 1.165) is 0 Å². The molecule has 0 saturated heterocycles. The summed E-state index contributed by atoms with van der Waals surface area (Å²) in [7, 11) is 0. The summed E-state index contributed by atoms with van der Waals surface area (Å²) in [6, 6.07) is 10.6. The van der Waals surface area contributed by atoms with Gasteiger partial charge in [0.25, 0.3) is 0 Å². The van der Waals surface area contributed by atoms with Gasteiger partial charge in [0.1, 0.15) is 0 Å². The topological polar surface area (TPSA) is 0 Å². The number of rotatable bonds is 3. The van der Waals surface area contributed by atoms with E-state index in [-0.39, 0.29) is 0 Å². The second-order valence-corrected chi connectivity index (χ2v) is 4.28. The standard InChI is InChI=1S/C13H11ClS/c14-7-2-4-11-3-1-5-12(9-11)13-6-8-15-10-13/h1-6,8-10H,7H2. The van der Waals surface area contributed by atoms with Gasteiger partial charge in [0.05, 0.1) is 0 Å². The van der Waals surface area contributed by atoms with E-state index >= 15 is 0 Å². The summed E-state index contributed by atoms with van der Waals surface area (Å²) in [6.07, 6.45) is 4.00. The fourth-order valence-corrected chi connectivity index (χ4v) is 2.19. The Hall–Kier alpha value is -1.05. The zero-order valence-electron chi connectivity index (χ0n) is 8.19. The highest BCUT2D eigenvalue weighted by atomic mass is 35.5. The molecule has 0 radical (unpaired) electrons. The van der Waals surface area contributed by atoms with Crippen molar-refractivity contribution in [3.05, 3.63) is 52.7 Å². The molecule has 2 rings (SSSR count). The van der Waals surface area contributed by atoms with Gasteiger partial charge in [0.2, 0.25) is 0 Å². The van der Waals surface area contributed by atoms with Crippen LogP contribution >= 0.6 is 22.9 Å². The van der Waals surface area contributed by atoms with Crippen LogP contribution in [0, 0.1) is 0 Å². The number of allylic oxidation sites excluding steroid dienone is 1. The third kappa shape index (κ3) is 2.71. The Morgan fingerprint density at radius 3 is 2.87 bits per heavy atom. The highest BCUT2D eigenvalue weighted by molar-refractivity contribution is 7.08. The van der Waals surface area contributed by atoms with E-state index in [0.29, 0.717) is 5.88 Å². The summed E-state index contributed by atoms with van der Waals surface area (Å²) >= 11 is 7.32. The Labute approximate surface area is 98.8 Å². The van der Waals surface area contributed by atoms with Crippen molar-refractivity contribution in [2.45, 2.75) is 0 Å². The molecular weight excluding hydrogens is 224 g/mol. The molecule has 0 atom stereocenters.